The number of rotatable bonds is 7. The lowest BCUT2D eigenvalue weighted by atomic mass is 10.0. The molecular formula is C26H27N5O. The first kappa shape index (κ1) is 21.5. The Kier molecular flexibility index (Phi) is 6.76. The highest BCUT2D eigenvalue weighted by Gasteiger charge is 2.19. The van der Waals surface area contributed by atoms with Gasteiger partial charge < -0.3 is 10.2 Å². The van der Waals surface area contributed by atoms with Gasteiger partial charge in [-0.25, -0.2) is 9.97 Å². The Labute approximate surface area is 188 Å². The molecule has 0 radical (unpaired) electrons. The summed E-state index contributed by atoms with van der Waals surface area (Å²) in [5.74, 6) is 0.575. The minimum atomic E-state index is 0.0726. The Balaban J connectivity index is 1.59. The second-order valence-electron chi connectivity index (χ2n) is 8.06. The number of anilines is 2. The molecule has 2 heterocycles. The molecule has 1 aliphatic heterocycles. The lowest BCUT2D eigenvalue weighted by molar-refractivity contribution is 0.0793. The maximum absolute atomic E-state index is 12.7. The molecular weight excluding hydrogens is 398 g/mol. The molecule has 1 amide bonds. The number of amides is 1. The van der Waals surface area contributed by atoms with Crippen molar-refractivity contribution in [2.24, 2.45) is 0 Å². The molecule has 2 aromatic carbocycles. The zero-order chi connectivity index (χ0) is 22.3. The molecule has 4 rings (SSSR count). The number of nitriles is 1. The van der Waals surface area contributed by atoms with E-state index in [-0.39, 0.29) is 5.91 Å². The van der Waals surface area contributed by atoms with E-state index >= 15 is 0 Å². The van der Waals surface area contributed by atoms with Crippen molar-refractivity contribution in [2.75, 3.05) is 18.4 Å². The van der Waals surface area contributed by atoms with Crippen molar-refractivity contribution in [3.8, 4) is 17.2 Å². The number of unbranched alkanes of at least 4 members (excludes halogenated alkanes) is 1. The van der Waals surface area contributed by atoms with E-state index in [1.807, 2.05) is 53.6 Å². The van der Waals surface area contributed by atoms with E-state index in [2.05, 4.69) is 23.3 Å². The molecule has 1 aromatic heterocycles. The molecule has 6 heteroatoms. The summed E-state index contributed by atoms with van der Waals surface area (Å²) in [5, 5.41) is 12.5. The van der Waals surface area contributed by atoms with Crippen molar-refractivity contribution in [2.45, 2.75) is 39.0 Å². The molecule has 1 aliphatic rings. The monoisotopic (exact) mass is 425 g/mol. The molecule has 3 aromatic rings. The van der Waals surface area contributed by atoms with Crippen LogP contribution in [0.4, 0.5) is 11.6 Å². The van der Waals surface area contributed by atoms with E-state index in [1.54, 1.807) is 6.07 Å². The standard InChI is InChI=1S/C26H27N5O/c1-2-3-12-24-23(20-9-6-8-19(15-20)17-27)18-28-26(30-24)29-22-11-7-10-21(16-22)25(32)31-13-4-5-14-31/h6-11,15-16,18H,2-5,12-14H2,1H3,(H,28,29,30). The first-order valence-corrected chi connectivity index (χ1v) is 11.2. The number of hydrogen-bond donors (Lipinski definition) is 1. The van der Waals surface area contributed by atoms with Crippen LogP contribution in [0.15, 0.2) is 54.7 Å². The SMILES string of the molecule is CCCCc1nc(Nc2cccc(C(=O)N3CCCC3)c2)ncc1-c1cccc(C#N)c1. The van der Waals surface area contributed by atoms with Gasteiger partial charge in [0, 0.05) is 36.1 Å². The minimum Gasteiger partial charge on any atom is -0.339 e. The number of benzene rings is 2. The smallest absolute Gasteiger partial charge is 0.253 e. The second-order valence-corrected chi connectivity index (χ2v) is 8.06. The average molecular weight is 426 g/mol. The summed E-state index contributed by atoms with van der Waals surface area (Å²) in [6.07, 6.45) is 6.86. The van der Waals surface area contributed by atoms with Crippen LogP contribution in [0.25, 0.3) is 11.1 Å². The first-order valence-electron chi connectivity index (χ1n) is 11.2. The predicted octanol–water partition coefficient (Wildman–Crippen LogP) is 5.34. The van der Waals surface area contributed by atoms with E-state index in [0.29, 0.717) is 17.1 Å². The van der Waals surface area contributed by atoms with E-state index in [1.165, 1.54) is 0 Å². The molecule has 162 valence electrons. The number of hydrogen-bond acceptors (Lipinski definition) is 5. The van der Waals surface area contributed by atoms with E-state index < -0.39 is 0 Å². The fourth-order valence-corrected chi connectivity index (χ4v) is 3.97. The summed E-state index contributed by atoms with van der Waals surface area (Å²) in [5.41, 5.74) is 4.91. The Morgan fingerprint density at radius 2 is 1.97 bits per heavy atom. The molecule has 1 saturated heterocycles. The molecule has 1 fully saturated rings. The van der Waals surface area contributed by atoms with Crippen LogP contribution >= 0.6 is 0 Å². The van der Waals surface area contributed by atoms with E-state index in [9.17, 15) is 10.1 Å². The number of carbonyl (C=O) groups excluding carboxylic acids is 1. The predicted molar refractivity (Wildman–Crippen MR) is 126 cm³/mol. The Hall–Kier alpha value is -3.72. The van der Waals surface area contributed by atoms with Crippen LogP contribution < -0.4 is 5.32 Å². The fraction of sp³-hybridized carbons (Fsp3) is 0.308. The molecule has 1 N–H and O–H groups in total. The van der Waals surface area contributed by atoms with Gasteiger partial charge in [0.1, 0.15) is 0 Å². The third kappa shape index (κ3) is 4.94. The van der Waals surface area contributed by atoms with Gasteiger partial charge in [-0.3, -0.25) is 4.79 Å². The Bertz CT molecular complexity index is 1140. The van der Waals surface area contributed by atoms with Crippen molar-refractivity contribution in [3.63, 3.8) is 0 Å². The zero-order valence-corrected chi connectivity index (χ0v) is 18.3. The maximum atomic E-state index is 12.7. The number of carbonyl (C=O) groups is 1. The van der Waals surface area contributed by atoms with Crippen LogP contribution in [0, 0.1) is 11.3 Å². The maximum Gasteiger partial charge on any atom is 0.253 e. The molecule has 0 aliphatic carbocycles. The highest BCUT2D eigenvalue weighted by molar-refractivity contribution is 5.95. The van der Waals surface area contributed by atoms with Crippen molar-refractivity contribution >= 4 is 17.5 Å². The van der Waals surface area contributed by atoms with Gasteiger partial charge in [-0.15, -0.1) is 0 Å². The molecule has 0 spiro atoms. The van der Waals surface area contributed by atoms with Gasteiger partial charge in [-0.1, -0.05) is 31.5 Å². The molecule has 32 heavy (non-hydrogen) atoms. The Morgan fingerprint density at radius 3 is 2.75 bits per heavy atom. The highest BCUT2D eigenvalue weighted by atomic mass is 16.2. The molecule has 0 bridgehead atoms. The van der Waals surface area contributed by atoms with Crippen LogP contribution in [0.2, 0.25) is 0 Å². The highest BCUT2D eigenvalue weighted by Crippen LogP contribution is 2.26. The molecule has 0 saturated carbocycles. The second kappa shape index (κ2) is 10.1. The van der Waals surface area contributed by atoms with Crippen LogP contribution in [0.3, 0.4) is 0 Å². The van der Waals surface area contributed by atoms with Crippen molar-refractivity contribution in [1.82, 2.24) is 14.9 Å². The summed E-state index contributed by atoms with van der Waals surface area (Å²) < 4.78 is 0. The van der Waals surface area contributed by atoms with Gasteiger partial charge >= 0.3 is 0 Å². The topological polar surface area (TPSA) is 81.9 Å². The normalized spacial score (nSPS) is 13.1. The van der Waals surface area contributed by atoms with Gasteiger partial charge in [0.15, 0.2) is 0 Å². The van der Waals surface area contributed by atoms with E-state index in [0.717, 1.165) is 67.7 Å². The van der Waals surface area contributed by atoms with Crippen LogP contribution in [0.5, 0.6) is 0 Å². The molecule has 0 atom stereocenters. The first-order chi connectivity index (χ1) is 15.7. The quantitative estimate of drug-likeness (QED) is 0.553. The number of likely N-dealkylation sites (tertiary alicyclic amines) is 1. The average Bonchev–Trinajstić information content (AvgIpc) is 3.37. The number of aryl methyl sites for hydroxylation is 1. The van der Waals surface area contributed by atoms with Gasteiger partial charge in [0.05, 0.1) is 17.3 Å². The third-order valence-electron chi connectivity index (χ3n) is 5.70. The largest absolute Gasteiger partial charge is 0.339 e. The van der Waals surface area contributed by atoms with Crippen molar-refractivity contribution < 1.29 is 4.79 Å². The summed E-state index contributed by atoms with van der Waals surface area (Å²) in [7, 11) is 0. The summed E-state index contributed by atoms with van der Waals surface area (Å²) in [4.78, 5) is 23.9. The van der Waals surface area contributed by atoms with Gasteiger partial charge in [0.2, 0.25) is 5.95 Å². The van der Waals surface area contributed by atoms with Crippen LogP contribution in [-0.2, 0) is 6.42 Å². The zero-order valence-electron chi connectivity index (χ0n) is 18.3. The third-order valence-corrected chi connectivity index (χ3v) is 5.70. The minimum absolute atomic E-state index is 0.0726. The van der Waals surface area contributed by atoms with Crippen LogP contribution in [0.1, 0.15) is 54.2 Å². The number of nitrogens with one attached hydrogen (secondary N) is 1. The number of aromatic nitrogens is 2. The summed E-state index contributed by atoms with van der Waals surface area (Å²) in [6, 6.07) is 17.2. The molecule has 6 nitrogen and oxygen atoms in total. The lowest BCUT2D eigenvalue weighted by Gasteiger charge is -2.16. The van der Waals surface area contributed by atoms with Gasteiger partial charge in [0.25, 0.3) is 5.91 Å². The van der Waals surface area contributed by atoms with Crippen LogP contribution in [-0.4, -0.2) is 33.9 Å². The fourth-order valence-electron chi connectivity index (χ4n) is 3.97. The number of nitrogens with zero attached hydrogens (tertiary/aromatic N) is 4. The molecule has 0 unspecified atom stereocenters. The van der Waals surface area contributed by atoms with E-state index in [4.69, 9.17) is 4.98 Å². The summed E-state index contributed by atoms with van der Waals surface area (Å²) in [6.45, 7) is 3.81. The van der Waals surface area contributed by atoms with Gasteiger partial charge in [-0.05, 0) is 61.6 Å². The summed E-state index contributed by atoms with van der Waals surface area (Å²) >= 11 is 0. The van der Waals surface area contributed by atoms with Crippen molar-refractivity contribution in [1.29, 1.82) is 5.26 Å². The Morgan fingerprint density at radius 1 is 1.16 bits per heavy atom. The van der Waals surface area contributed by atoms with Crippen molar-refractivity contribution in [3.05, 3.63) is 71.5 Å². The van der Waals surface area contributed by atoms with Gasteiger partial charge in [-0.2, -0.15) is 5.26 Å². The lowest BCUT2D eigenvalue weighted by Crippen LogP contribution is -2.27.